The summed E-state index contributed by atoms with van der Waals surface area (Å²) in [7, 11) is 0. The molecule has 1 aliphatic heterocycles. The third kappa shape index (κ3) is 8.63. The molecule has 0 saturated heterocycles. The number of carbonyl (C=O) groups excluding carboxylic acids is 2. The van der Waals surface area contributed by atoms with Crippen molar-refractivity contribution < 1.29 is 28.5 Å². The van der Waals surface area contributed by atoms with E-state index < -0.39 is 0 Å². The van der Waals surface area contributed by atoms with Gasteiger partial charge in [-0.2, -0.15) is 0 Å². The zero-order valence-corrected chi connectivity index (χ0v) is 16.9. The summed E-state index contributed by atoms with van der Waals surface area (Å²) in [4.78, 5) is 23.3. The molecule has 0 aliphatic carbocycles. The van der Waals surface area contributed by atoms with E-state index in [1.807, 2.05) is 18.2 Å². The molecule has 1 heterocycles. The first-order valence-electron chi connectivity index (χ1n) is 10.4. The lowest BCUT2D eigenvalue weighted by Gasteiger charge is -2.06. The highest BCUT2D eigenvalue weighted by Crippen LogP contribution is 2.32. The minimum atomic E-state index is -0.174. The van der Waals surface area contributed by atoms with Crippen LogP contribution in [0.1, 0.15) is 76.7 Å². The lowest BCUT2D eigenvalue weighted by molar-refractivity contribution is -0.145. The van der Waals surface area contributed by atoms with Crippen LogP contribution in [-0.2, 0) is 25.7 Å². The molecule has 1 aliphatic rings. The van der Waals surface area contributed by atoms with E-state index in [0.717, 1.165) is 62.7 Å². The van der Waals surface area contributed by atoms with Crippen molar-refractivity contribution in [1.82, 2.24) is 0 Å². The number of carbonyl (C=O) groups is 2. The molecule has 0 radical (unpaired) electrons. The molecular formula is C22H32O6. The maximum atomic E-state index is 11.8. The molecule has 156 valence electrons. The average Bonchev–Trinajstić information content (AvgIpc) is 3.16. The van der Waals surface area contributed by atoms with Gasteiger partial charge < -0.3 is 18.9 Å². The highest BCUT2D eigenvalue weighted by molar-refractivity contribution is 5.69. The van der Waals surface area contributed by atoms with Gasteiger partial charge in [0.25, 0.3) is 0 Å². The SMILES string of the molecule is CCCCOC(=O)CCCCCCCCC(=O)OCc1ccc2c(c1)OCO2. The van der Waals surface area contributed by atoms with Crippen molar-refractivity contribution in [2.45, 2.75) is 77.7 Å². The molecule has 0 unspecified atom stereocenters. The van der Waals surface area contributed by atoms with Crippen molar-refractivity contribution in [3.63, 3.8) is 0 Å². The number of rotatable bonds is 14. The number of esters is 2. The lowest BCUT2D eigenvalue weighted by atomic mass is 10.1. The highest BCUT2D eigenvalue weighted by Gasteiger charge is 2.13. The molecule has 0 aromatic heterocycles. The summed E-state index contributed by atoms with van der Waals surface area (Å²) >= 11 is 0. The summed E-state index contributed by atoms with van der Waals surface area (Å²) in [5.74, 6) is 1.16. The van der Waals surface area contributed by atoms with Crippen LogP contribution in [0.15, 0.2) is 18.2 Å². The Balaban J connectivity index is 1.42. The minimum Gasteiger partial charge on any atom is -0.466 e. The Hall–Kier alpha value is -2.24. The highest BCUT2D eigenvalue weighted by atomic mass is 16.7. The smallest absolute Gasteiger partial charge is 0.306 e. The molecule has 0 N–H and O–H groups in total. The van der Waals surface area contributed by atoms with Crippen LogP contribution in [0.25, 0.3) is 0 Å². The van der Waals surface area contributed by atoms with Gasteiger partial charge in [-0.15, -0.1) is 0 Å². The lowest BCUT2D eigenvalue weighted by Crippen LogP contribution is -2.05. The normalized spacial score (nSPS) is 12.0. The predicted octanol–water partition coefficient (Wildman–Crippen LogP) is 4.92. The topological polar surface area (TPSA) is 71.1 Å². The van der Waals surface area contributed by atoms with Gasteiger partial charge in [0.2, 0.25) is 6.79 Å². The predicted molar refractivity (Wildman–Crippen MR) is 105 cm³/mol. The second-order valence-electron chi connectivity index (χ2n) is 7.04. The molecule has 6 nitrogen and oxygen atoms in total. The number of benzene rings is 1. The standard InChI is InChI=1S/C22H32O6/c1-2-3-14-25-21(23)10-8-6-4-5-7-9-11-22(24)26-16-18-12-13-19-20(15-18)28-17-27-19/h12-13,15H,2-11,14,16-17H2,1H3. The second kappa shape index (κ2) is 13.0. The molecule has 2 rings (SSSR count). The Morgan fingerprint density at radius 3 is 2.21 bits per heavy atom. The van der Waals surface area contributed by atoms with Gasteiger partial charge in [-0.1, -0.05) is 45.1 Å². The molecule has 0 fully saturated rings. The van der Waals surface area contributed by atoms with Gasteiger partial charge in [0.05, 0.1) is 6.61 Å². The molecule has 0 spiro atoms. The van der Waals surface area contributed by atoms with Crippen molar-refractivity contribution in [2.75, 3.05) is 13.4 Å². The van der Waals surface area contributed by atoms with Crippen LogP contribution in [0.4, 0.5) is 0 Å². The first-order chi connectivity index (χ1) is 13.7. The quantitative estimate of drug-likeness (QED) is 0.330. The fourth-order valence-corrected chi connectivity index (χ4v) is 2.92. The summed E-state index contributed by atoms with van der Waals surface area (Å²) < 4.78 is 21.0. The summed E-state index contributed by atoms with van der Waals surface area (Å²) in [6.45, 7) is 3.11. The maximum absolute atomic E-state index is 11.8. The molecule has 28 heavy (non-hydrogen) atoms. The monoisotopic (exact) mass is 392 g/mol. The molecule has 1 aromatic rings. The summed E-state index contributed by atoms with van der Waals surface area (Å²) in [5.41, 5.74) is 0.894. The first-order valence-corrected chi connectivity index (χ1v) is 10.4. The summed E-state index contributed by atoms with van der Waals surface area (Å²) in [6, 6.07) is 5.55. The van der Waals surface area contributed by atoms with E-state index in [-0.39, 0.29) is 25.3 Å². The summed E-state index contributed by atoms with van der Waals surface area (Å²) in [5, 5.41) is 0. The van der Waals surface area contributed by atoms with E-state index in [1.165, 1.54) is 0 Å². The minimum absolute atomic E-state index is 0.0846. The van der Waals surface area contributed by atoms with E-state index in [0.29, 0.717) is 25.2 Å². The molecule has 0 atom stereocenters. The second-order valence-corrected chi connectivity index (χ2v) is 7.04. The van der Waals surface area contributed by atoms with Gasteiger partial charge in [0, 0.05) is 12.8 Å². The van der Waals surface area contributed by atoms with Gasteiger partial charge in [-0.25, -0.2) is 0 Å². The number of ether oxygens (including phenoxy) is 4. The van der Waals surface area contributed by atoms with Gasteiger partial charge in [0.15, 0.2) is 11.5 Å². The van der Waals surface area contributed by atoms with Crippen molar-refractivity contribution in [2.24, 2.45) is 0 Å². The first kappa shape index (κ1) is 22.1. The van der Waals surface area contributed by atoms with Crippen LogP contribution in [0.5, 0.6) is 11.5 Å². The van der Waals surface area contributed by atoms with Crippen LogP contribution < -0.4 is 9.47 Å². The zero-order valence-electron chi connectivity index (χ0n) is 16.9. The van der Waals surface area contributed by atoms with Gasteiger partial charge in [-0.3, -0.25) is 9.59 Å². The van der Waals surface area contributed by atoms with Crippen molar-refractivity contribution >= 4 is 11.9 Å². The van der Waals surface area contributed by atoms with Crippen LogP contribution >= 0.6 is 0 Å². The van der Waals surface area contributed by atoms with E-state index in [4.69, 9.17) is 18.9 Å². The maximum Gasteiger partial charge on any atom is 0.306 e. The van der Waals surface area contributed by atoms with E-state index in [9.17, 15) is 9.59 Å². The van der Waals surface area contributed by atoms with E-state index >= 15 is 0 Å². The van der Waals surface area contributed by atoms with Gasteiger partial charge in [0.1, 0.15) is 6.61 Å². The Bertz CT molecular complexity index is 613. The number of unbranched alkanes of at least 4 members (excludes halogenated alkanes) is 6. The molecule has 0 saturated carbocycles. The third-order valence-electron chi connectivity index (χ3n) is 4.61. The fraction of sp³-hybridized carbons (Fsp3) is 0.636. The molecule has 0 amide bonds. The molecule has 1 aromatic carbocycles. The van der Waals surface area contributed by atoms with Crippen molar-refractivity contribution in [1.29, 1.82) is 0 Å². The third-order valence-corrected chi connectivity index (χ3v) is 4.61. The van der Waals surface area contributed by atoms with E-state index in [1.54, 1.807) is 0 Å². The zero-order chi connectivity index (χ0) is 20.0. The Labute approximate surface area is 167 Å². The Kier molecular flexibility index (Phi) is 10.3. The number of fused-ring (bicyclic) bond motifs is 1. The van der Waals surface area contributed by atoms with Crippen LogP contribution in [0.2, 0.25) is 0 Å². The van der Waals surface area contributed by atoms with Crippen LogP contribution in [0, 0.1) is 0 Å². The molecule has 6 heteroatoms. The Morgan fingerprint density at radius 1 is 0.857 bits per heavy atom. The van der Waals surface area contributed by atoms with Gasteiger partial charge in [-0.05, 0) is 37.0 Å². The Morgan fingerprint density at radius 2 is 1.50 bits per heavy atom. The van der Waals surface area contributed by atoms with E-state index in [2.05, 4.69) is 6.92 Å². The molecular weight excluding hydrogens is 360 g/mol. The van der Waals surface area contributed by atoms with Crippen molar-refractivity contribution in [3.8, 4) is 11.5 Å². The largest absolute Gasteiger partial charge is 0.466 e. The number of hydrogen-bond donors (Lipinski definition) is 0. The van der Waals surface area contributed by atoms with Crippen LogP contribution in [0.3, 0.4) is 0 Å². The molecule has 0 bridgehead atoms. The fourth-order valence-electron chi connectivity index (χ4n) is 2.92. The van der Waals surface area contributed by atoms with Crippen LogP contribution in [-0.4, -0.2) is 25.3 Å². The number of hydrogen-bond acceptors (Lipinski definition) is 6. The average molecular weight is 392 g/mol. The summed E-state index contributed by atoms with van der Waals surface area (Å²) in [6.07, 6.45) is 8.81. The van der Waals surface area contributed by atoms with Gasteiger partial charge >= 0.3 is 11.9 Å². The van der Waals surface area contributed by atoms with Crippen molar-refractivity contribution in [3.05, 3.63) is 23.8 Å².